The van der Waals surface area contributed by atoms with Gasteiger partial charge in [0.1, 0.15) is 5.82 Å². The van der Waals surface area contributed by atoms with Gasteiger partial charge in [-0.1, -0.05) is 19.3 Å². The Bertz CT molecular complexity index is 728. The van der Waals surface area contributed by atoms with Crippen LogP contribution < -0.4 is 4.90 Å². The second-order valence-corrected chi connectivity index (χ2v) is 8.68. The number of carbonyl (C=O) groups excluding carboxylic acids is 2. The van der Waals surface area contributed by atoms with Gasteiger partial charge in [-0.2, -0.15) is 0 Å². The highest BCUT2D eigenvalue weighted by atomic mass is 19.1. The Kier molecular flexibility index (Phi) is 6.87. The van der Waals surface area contributed by atoms with Crippen LogP contribution in [0.2, 0.25) is 0 Å². The topological polar surface area (TPSA) is 53.1 Å². The first kappa shape index (κ1) is 21.1. The van der Waals surface area contributed by atoms with E-state index in [0.29, 0.717) is 39.4 Å². The second kappa shape index (κ2) is 9.77. The normalized spacial score (nSPS) is 23.9. The van der Waals surface area contributed by atoms with Crippen molar-refractivity contribution in [2.24, 2.45) is 11.8 Å². The van der Waals surface area contributed by atoms with Gasteiger partial charge < -0.3 is 19.4 Å². The number of benzene rings is 1. The average molecular weight is 418 g/mol. The predicted molar refractivity (Wildman–Crippen MR) is 113 cm³/mol. The maximum absolute atomic E-state index is 13.2. The van der Waals surface area contributed by atoms with Crippen LogP contribution in [0, 0.1) is 17.7 Å². The third-order valence-corrected chi connectivity index (χ3v) is 6.66. The largest absolute Gasteiger partial charge is 0.379 e. The standard InChI is InChI=1S/C23H32FN3O3/c24-20-6-8-21(9-7-20)25-10-12-26(13-11-25)23(29)19-16-27(14-15-30-17-19)22(28)18-4-2-1-3-5-18/h6-9,18-19H,1-5,10-17H2. The lowest BCUT2D eigenvalue weighted by Gasteiger charge is -2.38. The molecule has 0 N–H and O–H groups in total. The van der Waals surface area contributed by atoms with Gasteiger partial charge in [-0.3, -0.25) is 9.59 Å². The lowest BCUT2D eigenvalue weighted by atomic mass is 9.88. The van der Waals surface area contributed by atoms with Crippen LogP contribution in [-0.2, 0) is 14.3 Å². The van der Waals surface area contributed by atoms with Gasteiger partial charge in [0, 0.05) is 50.9 Å². The number of rotatable bonds is 3. The molecule has 7 heteroatoms. The van der Waals surface area contributed by atoms with E-state index in [2.05, 4.69) is 4.90 Å². The van der Waals surface area contributed by atoms with Crippen LogP contribution in [0.25, 0.3) is 0 Å². The molecule has 1 saturated carbocycles. The molecule has 1 aromatic carbocycles. The number of halogens is 1. The molecule has 30 heavy (non-hydrogen) atoms. The number of piperazine rings is 1. The summed E-state index contributed by atoms with van der Waals surface area (Å²) in [6, 6.07) is 6.49. The van der Waals surface area contributed by atoms with Crippen molar-refractivity contribution in [2.75, 3.05) is 57.4 Å². The van der Waals surface area contributed by atoms with E-state index in [1.165, 1.54) is 18.6 Å². The highest BCUT2D eigenvalue weighted by Crippen LogP contribution is 2.26. The molecule has 4 rings (SSSR count). The van der Waals surface area contributed by atoms with Crippen LogP contribution in [-0.4, -0.2) is 74.1 Å². The molecule has 1 aliphatic carbocycles. The summed E-state index contributed by atoms with van der Waals surface area (Å²) in [7, 11) is 0. The molecule has 1 atom stereocenters. The monoisotopic (exact) mass is 417 g/mol. The highest BCUT2D eigenvalue weighted by molar-refractivity contribution is 5.82. The molecule has 3 aliphatic rings. The SMILES string of the molecule is O=C(C1COCCN(C(=O)C2CCCCC2)C1)N1CCN(c2ccc(F)cc2)CC1. The Balaban J connectivity index is 1.33. The molecule has 6 nitrogen and oxygen atoms in total. The lowest BCUT2D eigenvalue weighted by molar-refractivity contribution is -0.140. The van der Waals surface area contributed by atoms with E-state index in [9.17, 15) is 14.0 Å². The first-order valence-corrected chi connectivity index (χ1v) is 11.3. The summed E-state index contributed by atoms with van der Waals surface area (Å²) < 4.78 is 18.9. The molecule has 3 fully saturated rings. The summed E-state index contributed by atoms with van der Waals surface area (Å²) in [4.78, 5) is 32.1. The van der Waals surface area contributed by atoms with Crippen molar-refractivity contribution in [3.8, 4) is 0 Å². The Labute approximate surface area is 177 Å². The zero-order chi connectivity index (χ0) is 20.9. The second-order valence-electron chi connectivity index (χ2n) is 8.68. The number of nitrogens with zero attached hydrogens (tertiary/aromatic N) is 3. The molecule has 0 radical (unpaired) electrons. The summed E-state index contributed by atoms with van der Waals surface area (Å²) in [6.07, 6.45) is 5.42. The molecule has 1 unspecified atom stereocenters. The fraction of sp³-hybridized carbons (Fsp3) is 0.652. The fourth-order valence-electron chi connectivity index (χ4n) is 4.86. The number of hydrogen-bond donors (Lipinski definition) is 0. The molecule has 0 spiro atoms. The summed E-state index contributed by atoms with van der Waals surface area (Å²) in [5.41, 5.74) is 0.977. The minimum Gasteiger partial charge on any atom is -0.379 e. The molecule has 0 bridgehead atoms. The molecule has 1 aromatic rings. The van der Waals surface area contributed by atoms with Crippen molar-refractivity contribution < 1.29 is 18.7 Å². The molecule has 2 heterocycles. The molecular formula is C23H32FN3O3. The average Bonchev–Trinajstić information content (AvgIpc) is 3.06. The smallest absolute Gasteiger partial charge is 0.229 e. The quantitative estimate of drug-likeness (QED) is 0.759. The minimum absolute atomic E-state index is 0.0806. The highest BCUT2D eigenvalue weighted by Gasteiger charge is 2.34. The van der Waals surface area contributed by atoms with Gasteiger partial charge in [0.05, 0.1) is 19.1 Å². The van der Waals surface area contributed by atoms with E-state index in [1.807, 2.05) is 9.80 Å². The molecule has 164 valence electrons. The summed E-state index contributed by atoms with van der Waals surface area (Å²) >= 11 is 0. The van der Waals surface area contributed by atoms with Crippen LogP contribution in [0.15, 0.2) is 24.3 Å². The van der Waals surface area contributed by atoms with E-state index in [0.717, 1.165) is 44.5 Å². The summed E-state index contributed by atoms with van der Waals surface area (Å²) in [6.45, 7) is 4.62. The zero-order valence-electron chi connectivity index (χ0n) is 17.6. The predicted octanol–water partition coefficient (Wildman–Crippen LogP) is 2.53. The Morgan fingerprint density at radius 2 is 1.50 bits per heavy atom. The Morgan fingerprint density at radius 1 is 0.833 bits per heavy atom. The number of anilines is 1. The number of carbonyl (C=O) groups is 2. The first-order chi connectivity index (χ1) is 14.6. The van der Waals surface area contributed by atoms with Gasteiger partial charge >= 0.3 is 0 Å². The van der Waals surface area contributed by atoms with E-state index in [-0.39, 0.29) is 29.5 Å². The number of amides is 2. The van der Waals surface area contributed by atoms with Crippen molar-refractivity contribution >= 4 is 17.5 Å². The van der Waals surface area contributed by atoms with Crippen molar-refractivity contribution in [3.63, 3.8) is 0 Å². The van der Waals surface area contributed by atoms with E-state index in [1.54, 1.807) is 12.1 Å². The molecule has 2 saturated heterocycles. The third kappa shape index (κ3) is 4.94. The van der Waals surface area contributed by atoms with E-state index in [4.69, 9.17) is 4.74 Å². The summed E-state index contributed by atoms with van der Waals surface area (Å²) in [5, 5.41) is 0. The number of ether oxygens (including phenoxy) is 1. The van der Waals surface area contributed by atoms with Crippen LogP contribution in [0.4, 0.5) is 10.1 Å². The van der Waals surface area contributed by atoms with Crippen molar-refractivity contribution in [2.45, 2.75) is 32.1 Å². The first-order valence-electron chi connectivity index (χ1n) is 11.3. The summed E-state index contributed by atoms with van der Waals surface area (Å²) in [5.74, 6) is -0.131. The maximum Gasteiger partial charge on any atom is 0.229 e. The van der Waals surface area contributed by atoms with Gasteiger partial charge in [0.25, 0.3) is 0 Å². The molecule has 2 aliphatic heterocycles. The van der Waals surface area contributed by atoms with Gasteiger partial charge in [-0.25, -0.2) is 4.39 Å². The van der Waals surface area contributed by atoms with Gasteiger partial charge in [-0.15, -0.1) is 0 Å². The molecule has 2 amide bonds. The van der Waals surface area contributed by atoms with Crippen LogP contribution >= 0.6 is 0 Å². The van der Waals surface area contributed by atoms with Crippen molar-refractivity contribution in [3.05, 3.63) is 30.1 Å². The lowest BCUT2D eigenvalue weighted by Crippen LogP contribution is -2.52. The maximum atomic E-state index is 13.2. The van der Waals surface area contributed by atoms with Crippen LogP contribution in [0.3, 0.4) is 0 Å². The van der Waals surface area contributed by atoms with E-state index >= 15 is 0 Å². The molecular weight excluding hydrogens is 385 g/mol. The number of hydrogen-bond acceptors (Lipinski definition) is 4. The van der Waals surface area contributed by atoms with Gasteiger partial charge in [0.2, 0.25) is 11.8 Å². The Hall–Kier alpha value is -2.15. The minimum atomic E-state index is -0.294. The van der Waals surface area contributed by atoms with Gasteiger partial charge in [-0.05, 0) is 37.1 Å². The fourth-order valence-corrected chi connectivity index (χ4v) is 4.86. The van der Waals surface area contributed by atoms with Crippen LogP contribution in [0.5, 0.6) is 0 Å². The van der Waals surface area contributed by atoms with E-state index < -0.39 is 0 Å². The third-order valence-electron chi connectivity index (χ3n) is 6.66. The zero-order valence-corrected chi connectivity index (χ0v) is 17.6. The Morgan fingerprint density at radius 3 is 2.20 bits per heavy atom. The van der Waals surface area contributed by atoms with Gasteiger partial charge in [0.15, 0.2) is 0 Å². The van der Waals surface area contributed by atoms with Crippen molar-refractivity contribution in [1.82, 2.24) is 9.80 Å². The van der Waals surface area contributed by atoms with Crippen LogP contribution in [0.1, 0.15) is 32.1 Å². The molecule has 0 aromatic heterocycles. The van der Waals surface area contributed by atoms with Crippen molar-refractivity contribution in [1.29, 1.82) is 0 Å².